The van der Waals surface area contributed by atoms with Crippen LogP contribution in [0.25, 0.3) is 0 Å². The van der Waals surface area contributed by atoms with Crippen LogP contribution in [0.1, 0.15) is 23.6 Å². The molecule has 0 saturated heterocycles. The number of benzene rings is 1. The van der Waals surface area contributed by atoms with Gasteiger partial charge in [-0.2, -0.15) is 0 Å². The lowest BCUT2D eigenvalue weighted by Crippen LogP contribution is -2.39. The Hall–Kier alpha value is -1.26. The molecule has 5 heteroatoms. The first-order valence-corrected chi connectivity index (χ1v) is 6.01. The van der Waals surface area contributed by atoms with Crippen molar-refractivity contribution in [2.45, 2.75) is 33.4 Å². The van der Waals surface area contributed by atoms with Crippen molar-refractivity contribution in [1.82, 2.24) is 4.90 Å². The molecule has 0 fully saturated rings. The van der Waals surface area contributed by atoms with Gasteiger partial charge in [-0.25, -0.2) is 0 Å². The summed E-state index contributed by atoms with van der Waals surface area (Å²) in [6.07, 6.45) is 0. The number of hydrogen-bond donors (Lipinski definition) is 1. The molecule has 0 spiro atoms. The molecule has 4 nitrogen and oxygen atoms in total. The summed E-state index contributed by atoms with van der Waals surface area (Å²) in [5, 5.41) is 0. The fourth-order valence-electron chi connectivity index (χ4n) is 2.15. The highest BCUT2D eigenvalue weighted by molar-refractivity contribution is 5.85. The van der Waals surface area contributed by atoms with E-state index in [0.717, 1.165) is 22.4 Å². The minimum absolute atomic E-state index is 0. The van der Waals surface area contributed by atoms with Gasteiger partial charge in [-0.05, 0) is 37.5 Å². The highest BCUT2D eigenvalue weighted by Crippen LogP contribution is 2.24. The first-order valence-electron chi connectivity index (χ1n) is 6.01. The van der Waals surface area contributed by atoms with E-state index in [1.165, 1.54) is 0 Å². The molecule has 1 aromatic carbocycles. The molecule has 1 rings (SSSR count). The van der Waals surface area contributed by atoms with Gasteiger partial charge in [-0.1, -0.05) is 12.1 Å². The zero-order chi connectivity index (χ0) is 13.9. The number of hydrogen-bond acceptors (Lipinski definition) is 3. The third kappa shape index (κ3) is 4.40. The molecule has 0 aliphatic carbocycles. The number of methoxy groups -OCH3 is 1. The molecule has 0 aliphatic heterocycles. The number of nitrogens with zero attached hydrogens (tertiary/aromatic N) is 1. The van der Waals surface area contributed by atoms with Gasteiger partial charge >= 0.3 is 0 Å². The number of aryl methyl sites for hydroxylation is 2. The van der Waals surface area contributed by atoms with Crippen molar-refractivity contribution in [2.24, 2.45) is 5.73 Å². The molecular weight excluding hydrogens is 264 g/mol. The molecule has 0 bridgehead atoms. The third-order valence-electron chi connectivity index (χ3n) is 2.91. The number of carbonyl (C=O) groups excluding carboxylic acids is 1. The Morgan fingerprint density at radius 1 is 1.37 bits per heavy atom. The number of nitrogens with two attached hydrogens (primary N) is 1. The number of halogens is 1. The smallest absolute Gasteiger partial charge is 0.239 e. The molecule has 0 aliphatic rings. The van der Waals surface area contributed by atoms with E-state index in [1.54, 1.807) is 26.0 Å². The lowest BCUT2D eigenvalue weighted by molar-refractivity contribution is -0.131. The molecule has 0 unspecified atom stereocenters. The van der Waals surface area contributed by atoms with Crippen molar-refractivity contribution < 1.29 is 9.53 Å². The predicted octanol–water partition coefficient (Wildman–Crippen LogP) is 2.04. The standard InChI is InChI=1S/C14H22N2O2.ClH/c1-9-6-12(7-10(2)13(9)18-5)8-16(4)14(17)11(3)15;/h6-7,11H,8,15H2,1-5H3;1H/t11-;/m1./s1. The van der Waals surface area contributed by atoms with Gasteiger partial charge in [0.25, 0.3) is 0 Å². The second-order valence-electron chi connectivity index (χ2n) is 4.75. The van der Waals surface area contributed by atoms with E-state index in [1.807, 2.05) is 26.0 Å². The lowest BCUT2D eigenvalue weighted by atomic mass is 10.1. The van der Waals surface area contributed by atoms with Gasteiger partial charge in [0, 0.05) is 13.6 Å². The molecule has 1 atom stereocenters. The normalized spacial score (nSPS) is 11.5. The fourth-order valence-corrected chi connectivity index (χ4v) is 2.15. The molecule has 108 valence electrons. The predicted molar refractivity (Wildman–Crippen MR) is 79.8 cm³/mol. The molecule has 0 aromatic heterocycles. The largest absolute Gasteiger partial charge is 0.496 e. The van der Waals surface area contributed by atoms with Gasteiger partial charge in [0.15, 0.2) is 0 Å². The topological polar surface area (TPSA) is 55.6 Å². The number of likely N-dealkylation sites (N-methyl/N-ethyl adjacent to an activating group) is 1. The molecule has 1 amide bonds. The molecule has 1 aromatic rings. The zero-order valence-corrected chi connectivity index (χ0v) is 13.0. The molecule has 19 heavy (non-hydrogen) atoms. The van der Waals surface area contributed by atoms with Crippen LogP contribution >= 0.6 is 12.4 Å². The number of carbonyl (C=O) groups is 1. The summed E-state index contributed by atoms with van der Waals surface area (Å²) in [5.41, 5.74) is 8.83. The maximum Gasteiger partial charge on any atom is 0.239 e. The lowest BCUT2D eigenvalue weighted by Gasteiger charge is -2.20. The van der Waals surface area contributed by atoms with Crippen LogP contribution in [0.3, 0.4) is 0 Å². The van der Waals surface area contributed by atoms with Gasteiger partial charge in [-0.15, -0.1) is 12.4 Å². The van der Waals surface area contributed by atoms with Crippen LogP contribution in [0.2, 0.25) is 0 Å². The van der Waals surface area contributed by atoms with E-state index >= 15 is 0 Å². The summed E-state index contributed by atoms with van der Waals surface area (Å²) in [4.78, 5) is 13.4. The minimum Gasteiger partial charge on any atom is -0.496 e. The van der Waals surface area contributed by atoms with Gasteiger partial charge < -0.3 is 15.4 Å². The summed E-state index contributed by atoms with van der Waals surface area (Å²) in [6, 6.07) is 3.61. The number of rotatable bonds is 4. The summed E-state index contributed by atoms with van der Waals surface area (Å²) < 4.78 is 5.32. The Kier molecular flexibility index (Phi) is 6.87. The van der Waals surface area contributed by atoms with Crippen LogP contribution in [0, 0.1) is 13.8 Å². The molecule has 0 heterocycles. The Balaban J connectivity index is 0.00000324. The fraction of sp³-hybridized carbons (Fsp3) is 0.500. The number of ether oxygens (including phenoxy) is 1. The molecule has 0 radical (unpaired) electrons. The maximum atomic E-state index is 11.7. The van der Waals surface area contributed by atoms with Crippen molar-refractivity contribution in [2.75, 3.05) is 14.2 Å². The van der Waals surface area contributed by atoms with Crippen LogP contribution in [0.4, 0.5) is 0 Å². The van der Waals surface area contributed by atoms with Crippen molar-refractivity contribution >= 4 is 18.3 Å². The Morgan fingerprint density at radius 3 is 2.21 bits per heavy atom. The minimum atomic E-state index is -0.463. The zero-order valence-electron chi connectivity index (χ0n) is 12.2. The third-order valence-corrected chi connectivity index (χ3v) is 2.91. The van der Waals surface area contributed by atoms with E-state index in [2.05, 4.69) is 0 Å². The van der Waals surface area contributed by atoms with Crippen LogP contribution in [0.5, 0.6) is 5.75 Å². The van der Waals surface area contributed by atoms with Crippen LogP contribution < -0.4 is 10.5 Å². The van der Waals surface area contributed by atoms with E-state index in [4.69, 9.17) is 10.5 Å². The first kappa shape index (κ1) is 17.7. The SMILES string of the molecule is COc1c(C)cc(CN(C)C(=O)[C@@H](C)N)cc1C.Cl. The Bertz CT molecular complexity index is 424. The Morgan fingerprint density at radius 2 is 1.84 bits per heavy atom. The van der Waals surface area contributed by atoms with Crippen molar-refractivity contribution in [3.63, 3.8) is 0 Å². The second kappa shape index (κ2) is 7.36. The highest BCUT2D eigenvalue weighted by atomic mass is 35.5. The van der Waals surface area contributed by atoms with Crippen LogP contribution in [-0.2, 0) is 11.3 Å². The van der Waals surface area contributed by atoms with Crippen molar-refractivity contribution in [3.8, 4) is 5.75 Å². The van der Waals surface area contributed by atoms with E-state index in [0.29, 0.717) is 6.54 Å². The Labute approximate surface area is 121 Å². The van der Waals surface area contributed by atoms with E-state index in [9.17, 15) is 4.79 Å². The molecular formula is C14H23ClN2O2. The van der Waals surface area contributed by atoms with Gasteiger partial charge in [0.1, 0.15) is 5.75 Å². The molecule has 2 N–H and O–H groups in total. The van der Waals surface area contributed by atoms with Crippen LogP contribution in [0.15, 0.2) is 12.1 Å². The van der Waals surface area contributed by atoms with Gasteiger partial charge in [-0.3, -0.25) is 4.79 Å². The summed E-state index contributed by atoms with van der Waals surface area (Å²) in [6.45, 7) is 6.26. The molecule has 0 saturated carbocycles. The summed E-state index contributed by atoms with van der Waals surface area (Å²) in [7, 11) is 3.43. The quantitative estimate of drug-likeness (QED) is 0.921. The highest BCUT2D eigenvalue weighted by Gasteiger charge is 2.14. The van der Waals surface area contributed by atoms with Crippen molar-refractivity contribution in [3.05, 3.63) is 28.8 Å². The van der Waals surface area contributed by atoms with Crippen LogP contribution in [-0.4, -0.2) is 31.0 Å². The second-order valence-corrected chi connectivity index (χ2v) is 4.75. The average molecular weight is 287 g/mol. The van der Waals surface area contributed by atoms with Gasteiger partial charge in [0.2, 0.25) is 5.91 Å². The van der Waals surface area contributed by atoms with E-state index < -0.39 is 6.04 Å². The first-order chi connectivity index (χ1) is 8.36. The number of amides is 1. The monoisotopic (exact) mass is 286 g/mol. The van der Waals surface area contributed by atoms with Crippen molar-refractivity contribution in [1.29, 1.82) is 0 Å². The summed E-state index contributed by atoms with van der Waals surface area (Å²) in [5.74, 6) is 0.848. The van der Waals surface area contributed by atoms with Gasteiger partial charge in [0.05, 0.1) is 13.2 Å². The summed E-state index contributed by atoms with van der Waals surface area (Å²) >= 11 is 0. The van der Waals surface area contributed by atoms with E-state index in [-0.39, 0.29) is 18.3 Å². The maximum absolute atomic E-state index is 11.7. The average Bonchev–Trinajstić information content (AvgIpc) is 2.27.